The van der Waals surface area contributed by atoms with Gasteiger partial charge in [-0.05, 0) is 18.9 Å². The molecule has 33 heavy (non-hydrogen) atoms. The molecule has 0 aliphatic carbocycles. The molecule has 180 valence electrons. The predicted octanol–water partition coefficient (Wildman–Crippen LogP) is 2.37. The highest BCUT2D eigenvalue weighted by Crippen LogP contribution is 2.27. The molecule has 1 aromatic carbocycles. The van der Waals surface area contributed by atoms with Gasteiger partial charge < -0.3 is 9.64 Å². The number of hydrogen-bond donors (Lipinski definition) is 0. The van der Waals surface area contributed by atoms with Crippen LogP contribution in [0.5, 0.6) is 0 Å². The van der Waals surface area contributed by atoms with Crippen LogP contribution in [0.4, 0.5) is 0 Å². The molecular weight excluding hydrogens is 460 g/mol. The maximum Gasteiger partial charge on any atom is 0.233 e. The highest BCUT2D eigenvalue weighted by atomic mass is 32.2. The zero-order valence-electron chi connectivity index (χ0n) is 19.1. The SMILES string of the molecule is CCCCN(C(=O)CSc1nc(CN2CCOCC2)nc2ccccc12)C1CCS(=O)(=O)C1. The summed E-state index contributed by atoms with van der Waals surface area (Å²) in [5.74, 6) is 1.21. The van der Waals surface area contributed by atoms with Crippen LogP contribution in [0.2, 0.25) is 0 Å². The van der Waals surface area contributed by atoms with Crippen molar-refractivity contribution in [2.75, 3.05) is 50.1 Å². The van der Waals surface area contributed by atoms with Crippen LogP contribution in [-0.4, -0.2) is 90.2 Å². The van der Waals surface area contributed by atoms with Gasteiger partial charge in [-0.25, -0.2) is 18.4 Å². The standard InChI is InChI=1S/C23H32N4O4S2/c1-2-3-9-27(18-8-14-33(29,30)17-18)22(28)16-32-23-19-6-4-5-7-20(19)24-21(25-23)15-26-10-12-31-13-11-26/h4-7,18H,2-3,8-17H2,1H3. The smallest absolute Gasteiger partial charge is 0.233 e. The first-order valence-electron chi connectivity index (χ1n) is 11.6. The monoisotopic (exact) mass is 492 g/mol. The Labute approximate surface area is 200 Å². The number of para-hydroxylation sites is 1. The molecule has 1 amide bonds. The van der Waals surface area contributed by atoms with Gasteiger partial charge in [0.05, 0.1) is 42.5 Å². The minimum absolute atomic E-state index is 0.0204. The largest absolute Gasteiger partial charge is 0.379 e. The van der Waals surface area contributed by atoms with Crippen molar-refractivity contribution >= 4 is 38.4 Å². The van der Waals surface area contributed by atoms with Crippen LogP contribution in [0.3, 0.4) is 0 Å². The lowest BCUT2D eigenvalue weighted by Gasteiger charge is -2.28. The van der Waals surface area contributed by atoms with Gasteiger partial charge in [0.15, 0.2) is 9.84 Å². The second kappa shape index (κ2) is 11.1. The van der Waals surface area contributed by atoms with E-state index >= 15 is 0 Å². The highest BCUT2D eigenvalue weighted by molar-refractivity contribution is 8.00. The Balaban J connectivity index is 1.50. The van der Waals surface area contributed by atoms with Crippen molar-refractivity contribution in [1.29, 1.82) is 0 Å². The van der Waals surface area contributed by atoms with E-state index in [1.165, 1.54) is 11.8 Å². The second-order valence-electron chi connectivity index (χ2n) is 8.64. The van der Waals surface area contributed by atoms with Crippen molar-refractivity contribution in [3.05, 3.63) is 30.1 Å². The Kier molecular flexibility index (Phi) is 8.21. The molecule has 2 saturated heterocycles. The normalized spacial score (nSPS) is 20.8. The van der Waals surface area contributed by atoms with E-state index in [2.05, 4.69) is 11.8 Å². The lowest BCUT2D eigenvalue weighted by Crippen LogP contribution is -2.42. The van der Waals surface area contributed by atoms with Crippen LogP contribution in [-0.2, 0) is 25.9 Å². The molecule has 2 aliphatic rings. The molecule has 0 saturated carbocycles. The first-order valence-corrected chi connectivity index (χ1v) is 14.4. The number of morpholine rings is 1. The van der Waals surface area contributed by atoms with Gasteiger partial charge in [0.1, 0.15) is 10.9 Å². The average Bonchev–Trinajstić information content (AvgIpc) is 3.17. The summed E-state index contributed by atoms with van der Waals surface area (Å²) in [7, 11) is -3.05. The number of thioether (sulfide) groups is 1. The Morgan fingerprint density at radius 1 is 1.24 bits per heavy atom. The van der Waals surface area contributed by atoms with Gasteiger partial charge in [-0.15, -0.1) is 0 Å². The molecule has 3 heterocycles. The number of benzene rings is 1. The second-order valence-corrected chi connectivity index (χ2v) is 11.8. The lowest BCUT2D eigenvalue weighted by atomic mass is 10.2. The molecule has 10 heteroatoms. The molecule has 0 N–H and O–H groups in total. The Morgan fingerprint density at radius 2 is 2.03 bits per heavy atom. The molecule has 0 radical (unpaired) electrons. The summed E-state index contributed by atoms with van der Waals surface area (Å²) in [5.41, 5.74) is 0.871. The molecule has 0 spiro atoms. The number of carbonyl (C=O) groups is 1. The number of hydrogen-bond acceptors (Lipinski definition) is 8. The van der Waals surface area contributed by atoms with Crippen LogP contribution in [0.15, 0.2) is 29.3 Å². The maximum atomic E-state index is 13.2. The molecule has 1 aromatic heterocycles. The van der Waals surface area contributed by atoms with Crippen LogP contribution < -0.4 is 0 Å². The zero-order chi connectivity index (χ0) is 23.3. The van der Waals surface area contributed by atoms with Crippen molar-refractivity contribution in [3.8, 4) is 0 Å². The quantitative estimate of drug-likeness (QED) is 0.389. The average molecular weight is 493 g/mol. The van der Waals surface area contributed by atoms with Crippen LogP contribution in [0, 0.1) is 0 Å². The number of aromatic nitrogens is 2. The third-order valence-electron chi connectivity index (χ3n) is 6.14. The number of carbonyl (C=O) groups excluding carboxylic acids is 1. The van der Waals surface area contributed by atoms with E-state index in [0.29, 0.717) is 32.7 Å². The maximum absolute atomic E-state index is 13.2. The van der Waals surface area contributed by atoms with E-state index in [9.17, 15) is 13.2 Å². The fourth-order valence-electron chi connectivity index (χ4n) is 4.31. The van der Waals surface area contributed by atoms with Crippen LogP contribution in [0.25, 0.3) is 10.9 Å². The van der Waals surface area contributed by atoms with Gasteiger partial charge in [-0.3, -0.25) is 9.69 Å². The fourth-order valence-corrected chi connectivity index (χ4v) is 6.96. The minimum Gasteiger partial charge on any atom is -0.379 e. The summed E-state index contributed by atoms with van der Waals surface area (Å²) in [4.78, 5) is 26.8. The van der Waals surface area contributed by atoms with Gasteiger partial charge >= 0.3 is 0 Å². The number of ether oxygens (including phenoxy) is 1. The Bertz CT molecular complexity index is 1070. The zero-order valence-corrected chi connectivity index (χ0v) is 20.7. The summed E-state index contributed by atoms with van der Waals surface area (Å²) in [5, 5.41) is 1.73. The summed E-state index contributed by atoms with van der Waals surface area (Å²) in [6.45, 7) is 6.47. The molecule has 0 bridgehead atoms. The number of amides is 1. The van der Waals surface area contributed by atoms with E-state index in [-0.39, 0.29) is 29.2 Å². The predicted molar refractivity (Wildman–Crippen MR) is 130 cm³/mol. The van der Waals surface area contributed by atoms with Crippen molar-refractivity contribution < 1.29 is 17.9 Å². The summed E-state index contributed by atoms with van der Waals surface area (Å²) >= 11 is 1.42. The molecular formula is C23H32N4O4S2. The number of nitrogens with zero attached hydrogens (tertiary/aromatic N) is 4. The van der Waals surface area contributed by atoms with E-state index in [4.69, 9.17) is 14.7 Å². The van der Waals surface area contributed by atoms with Gasteiger partial charge in [0.2, 0.25) is 5.91 Å². The molecule has 2 aromatic rings. The van der Waals surface area contributed by atoms with Crippen molar-refractivity contribution in [3.63, 3.8) is 0 Å². The molecule has 2 fully saturated rings. The van der Waals surface area contributed by atoms with E-state index in [0.717, 1.165) is 47.7 Å². The summed E-state index contributed by atoms with van der Waals surface area (Å²) < 4.78 is 29.4. The topological polar surface area (TPSA) is 92.7 Å². The molecule has 1 unspecified atom stereocenters. The van der Waals surface area contributed by atoms with Crippen LogP contribution >= 0.6 is 11.8 Å². The summed E-state index contributed by atoms with van der Waals surface area (Å²) in [6.07, 6.45) is 2.35. The number of sulfone groups is 1. The van der Waals surface area contributed by atoms with Gasteiger partial charge in [0, 0.05) is 31.1 Å². The highest BCUT2D eigenvalue weighted by Gasteiger charge is 2.34. The van der Waals surface area contributed by atoms with Gasteiger partial charge in [-0.1, -0.05) is 43.3 Å². The Morgan fingerprint density at radius 3 is 2.76 bits per heavy atom. The van der Waals surface area contributed by atoms with E-state index in [1.807, 2.05) is 24.3 Å². The molecule has 1 atom stereocenters. The summed E-state index contributed by atoms with van der Waals surface area (Å²) in [6, 6.07) is 7.66. The van der Waals surface area contributed by atoms with Crippen molar-refractivity contribution in [1.82, 2.24) is 19.8 Å². The Hall–Kier alpha value is -1.75. The fraction of sp³-hybridized carbons (Fsp3) is 0.609. The number of fused-ring (bicyclic) bond motifs is 1. The van der Waals surface area contributed by atoms with E-state index in [1.54, 1.807) is 4.90 Å². The molecule has 2 aliphatic heterocycles. The van der Waals surface area contributed by atoms with Crippen LogP contribution in [0.1, 0.15) is 32.0 Å². The first kappa shape index (κ1) is 24.4. The van der Waals surface area contributed by atoms with E-state index < -0.39 is 9.84 Å². The molecule has 4 rings (SSSR count). The lowest BCUT2D eigenvalue weighted by molar-refractivity contribution is -0.130. The van der Waals surface area contributed by atoms with Gasteiger partial charge in [-0.2, -0.15) is 0 Å². The molecule has 8 nitrogen and oxygen atoms in total. The number of unbranched alkanes of at least 4 members (excludes halogenated alkanes) is 1. The first-order chi connectivity index (χ1) is 15.9. The van der Waals surface area contributed by atoms with Crippen molar-refractivity contribution in [2.45, 2.75) is 43.8 Å². The number of rotatable bonds is 9. The van der Waals surface area contributed by atoms with Gasteiger partial charge in [0.25, 0.3) is 0 Å². The minimum atomic E-state index is -3.05. The third-order valence-corrected chi connectivity index (χ3v) is 8.86. The van der Waals surface area contributed by atoms with Crippen molar-refractivity contribution in [2.24, 2.45) is 0 Å². The third kappa shape index (κ3) is 6.44.